The summed E-state index contributed by atoms with van der Waals surface area (Å²) in [5.41, 5.74) is 4.47. The molecular weight excluding hydrogens is 266 g/mol. The van der Waals surface area contributed by atoms with Crippen molar-refractivity contribution in [2.45, 2.75) is 13.5 Å². The summed E-state index contributed by atoms with van der Waals surface area (Å²) >= 11 is 1.64. The number of aromatic nitrogens is 1. The SMILES string of the molecule is Cc1ccc(Cn2c(-c3ccsc3)cccc2=O)cc1. The van der Waals surface area contributed by atoms with Crippen molar-refractivity contribution in [3.05, 3.63) is 80.8 Å². The maximum atomic E-state index is 12.2. The van der Waals surface area contributed by atoms with Crippen molar-refractivity contribution in [2.75, 3.05) is 0 Å². The molecule has 0 saturated carbocycles. The van der Waals surface area contributed by atoms with Gasteiger partial charge in [-0.1, -0.05) is 35.9 Å². The van der Waals surface area contributed by atoms with Gasteiger partial charge in [0.1, 0.15) is 0 Å². The summed E-state index contributed by atoms with van der Waals surface area (Å²) < 4.78 is 1.83. The Morgan fingerprint density at radius 2 is 1.85 bits per heavy atom. The Bertz CT molecular complexity index is 754. The lowest BCUT2D eigenvalue weighted by molar-refractivity contribution is 0.768. The van der Waals surface area contributed by atoms with Gasteiger partial charge in [-0.15, -0.1) is 0 Å². The van der Waals surface area contributed by atoms with Crippen LogP contribution in [0.1, 0.15) is 11.1 Å². The van der Waals surface area contributed by atoms with Crippen molar-refractivity contribution in [1.82, 2.24) is 4.57 Å². The van der Waals surface area contributed by atoms with Crippen molar-refractivity contribution < 1.29 is 0 Å². The van der Waals surface area contributed by atoms with E-state index in [1.165, 1.54) is 5.56 Å². The molecule has 0 aliphatic heterocycles. The monoisotopic (exact) mass is 281 g/mol. The predicted molar refractivity (Wildman–Crippen MR) is 84.3 cm³/mol. The number of rotatable bonds is 3. The van der Waals surface area contributed by atoms with Crippen molar-refractivity contribution in [3.8, 4) is 11.3 Å². The van der Waals surface area contributed by atoms with Gasteiger partial charge in [0.05, 0.1) is 12.2 Å². The lowest BCUT2D eigenvalue weighted by atomic mass is 10.1. The summed E-state index contributed by atoms with van der Waals surface area (Å²) in [6.07, 6.45) is 0. The Kier molecular flexibility index (Phi) is 3.52. The van der Waals surface area contributed by atoms with Gasteiger partial charge in [0.2, 0.25) is 0 Å². The van der Waals surface area contributed by atoms with E-state index in [-0.39, 0.29) is 5.56 Å². The van der Waals surface area contributed by atoms with Crippen LogP contribution in [0.25, 0.3) is 11.3 Å². The van der Waals surface area contributed by atoms with Crippen LogP contribution in [-0.2, 0) is 6.54 Å². The van der Waals surface area contributed by atoms with Crippen LogP contribution in [0.4, 0.5) is 0 Å². The molecule has 0 amide bonds. The highest BCUT2D eigenvalue weighted by molar-refractivity contribution is 7.08. The van der Waals surface area contributed by atoms with Crippen LogP contribution in [0.2, 0.25) is 0 Å². The number of thiophene rings is 1. The van der Waals surface area contributed by atoms with Crippen LogP contribution >= 0.6 is 11.3 Å². The van der Waals surface area contributed by atoms with E-state index in [4.69, 9.17) is 0 Å². The van der Waals surface area contributed by atoms with Crippen molar-refractivity contribution in [2.24, 2.45) is 0 Å². The van der Waals surface area contributed by atoms with Gasteiger partial charge in [0, 0.05) is 17.0 Å². The zero-order valence-corrected chi connectivity index (χ0v) is 12.1. The molecule has 20 heavy (non-hydrogen) atoms. The van der Waals surface area contributed by atoms with E-state index < -0.39 is 0 Å². The van der Waals surface area contributed by atoms with Crippen LogP contribution in [-0.4, -0.2) is 4.57 Å². The summed E-state index contributed by atoms with van der Waals surface area (Å²) in [6.45, 7) is 2.67. The zero-order chi connectivity index (χ0) is 13.9. The fourth-order valence-corrected chi connectivity index (χ4v) is 2.87. The molecule has 3 aromatic rings. The van der Waals surface area contributed by atoms with E-state index in [2.05, 4.69) is 36.6 Å². The molecule has 0 fully saturated rings. The van der Waals surface area contributed by atoms with Gasteiger partial charge in [-0.05, 0) is 30.0 Å². The molecule has 0 spiro atoms. The van der Waals surface area contributed by atoms with Crippen molar-refractivity contribution in [1.29, 1.82) is 0 Å². The summed E-state index contributed by atoms with van der Waals surface area (Å²) in [4.78, 5) is 12.2. The smallest absolute Gasteiger partial charge is 0.251 e. The number of nitrogens with zero attached hydrogens (tertiary/aromatic N) is 1. The maximum absolute atomic E-state index is 12.2. The first kappa shape index (κ1) is 12.9. The van der Waals surface area contributed by atoms with Gasteiger partial charge in [-0.25, -0.2) is 0 Å². The Morgan fingerprint density at radius 1 is 1.05 bits per heavy atom. The number of pyridine rings is 1. The van der Waals surface area contributed by atoms with E-state index >= 15 is 0 Å². The number of hydrogen-bond donors (Lipinski definition) is 0. The van der Waals surface area contributed by atoms with E-state index in [0.29, 0.717) is 6.54 Å². The molecule has 0 bridgehead atoms. The molecule has 100 valence electrons. The topological polar surface area (TPSA) is 22.0 Å². The van der Waals surface area contributed by atoms with Crippen LogP contribution in [0.3, 0.4) is 0 Å². The third kappa shape index (κ3) is 2.58. The van der Waals surface area contributed by atoms with Gasteiger partial charge in [0.25, 0.3) is 5.56 Å². The molecular formula is C17H15NOS. The number of benzene rings is 1. The minimum atomic E-state index is 0.0364. The lowest BCUT2D eigenvalue weighted by Crippen LogP contribution is -2.21. The molecule has 0 atom stereocenters. The van der Waals surface area contributed by atoms with Crippen LogP contribution in [0.15, 0.2) is 64.1 Å². The van der Waals surface area contributed by atoms with Crippen LogP contribution in [0, 0.1) is 6.92 Å². The van der Waals surface area contributed by atoms with Crippen LogP contribution < -0.4 is 5.56 Å². The quantitative estimate of drug-likeness (QED) is 0.713. The Balaban J connectivity index is 2.05. The first-order valence-electron chi connectivity index (χ1n) is 6.52. The molecule has 3 heteroatoms. The first-order valence-corrected chi connectivity index (χ1v) is 7.46. The third-order valence-corrected chi connectivity index (χ3v) is 4.01. The standard InChI is InChI=1S/C17H15NOS/c1-13-5-7-14(8-6-13)11-18-16(3-2-4-17(18)19)15-9-10-20-12-15/h2-10,12H,11H2,1H3. The van der Waals surface area contributed by atoms with Crippen molar-refractivity contribution in [3.63, 3.8) is 0 Å². The Labute approximate surface area is 122 Å². The molecule has 0 unspecified atom stereocenters. The second-order valence-electron chi connectivity index (χ2n) is 4.83. The molecule has 3 rings (SSSR count). The molecule has 2 aromatic heterocycles. The zero-order valence-electron chi connectivity index (χ0n) is 11.2. The predicted octanol–water partition coefficient (Wildman–Crippen LogP) is 3.93. The average Bonchev–Trinajstić information content (AvgIpc) is 2.97. The molecule has 2 nitrogen and oxygen atoms in total. The van der Waals surface area contributed by atoms with E-state index in [0.717, 1.165) is 16.8 Å². The second kappa shape index (κ2) is 5.47. The molecule has 0 saturated heterocycles. The minimum absolute atomic E-state index is 0.0364. The third-order valence-electron chi connectivity index (χ3n) is 3.33. The number of aryl methyl sites for hydroxylation is 1. The molecule has 0 radical (unpaired) electrons. The fraction of sp³-hybridized carbons (Fsp3) is 0.118. The minimum Gasteiger partial charge on any atom is -0.304 e. The highest BCUT2D eigenvalue weighted by Gasteiger charge is 2.07. The van der Waals surface area contributed by atoms with Gasteiger partial charge in [0.15, 0.2) is 0 Å². The molecule has 0 N–H and O–H groups in total. The normalized spacial score (nSPS) is 10.7. The van der Waals surface area contributed by atoms with Crippen LogP contribution in [0.5, 0.6) is 0 Å². The molecule has 0 aliphatic carbocycles. The fourth-order valence-electron chi connectivity index (χ4n) is 2.22. The molecule has 0 aliphatic rings. The average molecular weight is 281 g/mol. The first-order chi connectivity index (χ1) is 9.74. The van der Waals surface area contributed by atoms with E-state index in [1.807, 2.05) is 28.1 Å². The van der Waals surface area contributed by atoms with Gasteiger partial charge in [-0.3, -0.25) is 4.79 Å². The Hall–Kier alpha value is -2.13. The van der Waals surface area contributed by atoms with E-state index in [9.17, 15) is 4.79 Å². The van der Waals surface area contributed by atoms with Gasteiger partial charge >= 0.3 is 0 Å². The summed E-state index contributed by atoms with van der Waals surface area (Å²) in [7, 11) is 0. The number of hydrogen-bond acceptors (Lipinski definition) is 2. The Morgan fingerprint density at radius 3 is 2.55 bits per heavy atom. The largest absolute Gasteiger partial charge is 0.304 e. The highest BCUT2D eigenvalue weighted by atomic mass is 32.1. The highest BCUT2D eigenvalue weighted by Crippen LogP contribution is 2.21. The van der Waals surface area contributed by atoms with Gasteiger partial charge in [-0.2, -0.15) is 11.3 Å². The second-order valence-corrected chi connectivity index (χ2v) is 5.61. The van der Waals surface area contributed by atoms with Crippen molar-refractivity contribution >= 4 is 11.3 Å². The van der Waals surface area contributed by atoms with E-state index in [1.54, 1.807) is 17.4 Å². The molecule has 2 heterocycles. The maximum Gasteiger partial charge on any atom is 0.251 e. The summed E-state index contributed by atoms with van der Waals surface area (Å²) in [6, 6.07) is 15.8. The lowest BCUT2D eigenvalue weighted by Gasteiger charge is -2.12. The molecule has 1 aromatic carbocycles. The summed E-state index contributed by atoms with van der Waals surface area (Å²) in [5.74, 6) is 0. The van der Waals surface area contributed by atoms with Gasteiger partial charge < -0.3 is 4.57 Å². The summed E-state index contributed by atoms with van der Waals surface area (Å²) in [5, 5.41) is 4.10.